The van der Waals surface area contributed by atoms with Gasteiger partial charge in [-0.05, 0) is 39.8 Å². The maximum atomic E-state index is 12.1. The number of ether oxygens (including phenoxy) is 1. The van der Waals surface area contributed by atoms with E-state index < -0.39 is 47.8 Å². The highest BCUT2D eigenvalue weighted by molar-refractivity contribution is 6.52. The molecule has 1 heterocycles. The van der Waals surface area contributed by atoms with Crippen molar-refractivity contribution in [1.29, 1.82) is 0 Å². The molecule has 0 bridgehead atoms. The minimum absolute atomic E-state index is 0.208. The van der Waals surface area contributed by atoms with Crippen molar-refractivity contribution in [3.8, 4) is 0 Å². The van der Waals surface area contributed by atoms with Gasteiger partial charge in [-0.1, -0.05) is 12.1 Å². The van der Waals surface area contributed by atoms with Crippen LogP contribution in [0.1, 0.15) is 38.1 Å². The Morgan fingerprint density at radius 1 is 1.15 bits per heavy atom. The predicted octanol–water partition coefficient (Wildman–Crippen LogP) is 0.772. The molecule has 27 heavy (non-hydrogen) atoms. The number of ketones is 1. The number of hydrogen-bond acceptors (Lipinski definition) is 6. The highest BCUT2D eigenvalue weighted by Gasteiger charge is 2.37. The number of imide groups is 1. The van der Waals surface area contributed by atoms with E-state index >= 15 is 0 Å². The zero-order valence-corrected chi connectivity index (χ0v) is 15.5. The Balaban J connectivity index is 1.94. The second kappa shape index (κ2) is 7.56. The first-order chi connectivity index (χ1) is 12.5. The molecule has 0 aromatic heterocycles. The van der Waals surface area contributed by atoms with Crippen LogP contribution in [0.4, 0.5) is 10.5 Å². The monoisotopic (exact) mass is 375 g/mol. The van der Waals surface area contributed by atoms with Crippen molar-refractivity contribution in [2.45, 2.75) is 39.3 Å². The van der Waals surface area contributed by atoms with Gasteiger partial charge in [-0.15, -0.1) is 0 Å². The number of hydrogen-bond donors (Lipinski definition) is 2. The van der Waals surface area contributed by atoms with Gasteiger partial charge in [0.25, 0.3) is 17.6 Å². The van der Waals surface area contributed by atoms with Gasteiger partial charge < -0.3 is 10.1 Å². The molecule has 0 saturated heterocycles. The van der Waals surface area contributed by atoms with E-state index in [0.717, 1.165) is 4.90 Å². The van der Waals surface area contributed by atoms with Gasteiger partial charge in [0.1, 0.15) is 6.54 Å². The summed E-state index contributed by atoms with van der Waals surface area (Å²) in [6.45, 7) is 6.00. The Bertz CT molecular complexity index is 812. The summed E-state index contributed by atoms with van der Waals surface area (Å²) in [4.78, 5) is 60.6. The molecule has 0 fully saturated rings. The van der Waals surface area contributed by atoms with Gasteiger partial charge in [-0.3, -0.25) is 29.4 Å². The first kappa shape index (κ1) is 20.1. The lowest BCUT2D eigenvalue weighted by atomic mass is 10.1. The van der Waals surface area contributed by atoms with Gasteiger partial charge in [-0.25, -0.2) is 4.79 Å². The van der Waals surface area contributed by atoms with Crippen molar-refractivity contribution >= 4 is 35.3 Å². The van der Waals surface area contributed by atoms with Crippen molar-refractivity contribution < 1.29 is 28.7 Å². The molecule has 0 radical (unpaired) electrons. The van der Waals surface area contributed by atoms with Crippen molar-refractivity contribution in [3.63, 3.8) is 0 Å². The molecule has 1 aliphatic rings. The highest BCUT2D eigenvalue weighted by atomic mass is 16.5. The molecule has 0 saturated carbocycles. The topological polar surface area (TPSA) is 122 Å². The van der Waals surface area contributed by atoms with Crippen molar-refractivity contribution in [3.05, 3.63) is 29.8 Å². The normalized spacial score (nSPS) is 14.4. The van der Waals surface area contributed by atoms with Gasteiger partial charge in [0.15, 0.2) is 6.10 Å². The van der Waals surface area contributed by atoms with E-state index in [4.69, 9.17) is 4.74 Å². The molecular formula is C18H21N3O6. The van der Waals surface area contributed by atoms with Crippen molar-refractivity contribution in [2.75, 3.05) is 11.4 Å². The van der Waals surface area contributed by atoms with Crippen molar-refractivity contribution in [1.82, 2.24) is 10.6 Å². The number of nitrogens with one attached hydrogen (secondary N) is 2. The lowest BCUT2D eigenvalue weighted by Crippen LogP contribution is -2.51. The molecule has 1 aromatic carbocycles. The van der Waals surface area contributed by atoms with Crippen LogP contribution in [0.5, 0.6) is 0 Å². The molecule has 1 aromatic rings. The smallest absolute Gasteiger partial charge is 0.326 e. The van der Waals surface area contributed by atoms with Crippen LogP contribution in [-0.4, -0.2) is 47.8 Å². The van der Waals surface area contributed by atoms with Crippen LogP contribution >= 0.6 is 0 Å². The minimum atomic E-state index is -1.26. The third kappa shape index (κ3) is 4.90. The quantitative estimate of drug-likeness (QED) is 0.592. The number of benzene rings is 1. The molecule has 1 atom stereocenters. The molecular weight excluding hydrogens is 354 g/mol. The molecule has 0 spiro atoms. The van der Waals surface area contributed by atoms with Crippen LogP contribution in [0.25, 0.3) is 0 Å². The van der Waals surface area contributed by atoms with Crippen LogP contribution in [0.2, 0.25) is 0 Å². The fourth-order valence-corrected chi connectivity index (χ4v) is 2.41. The first-order valence-corrected chi connectivity index (χ1v) is 8.27. The second-order valence-electron chi connectivity index (χ2n) is 7.06. The summed E-state index contributed by atoms with van der Waals surface area (Å²) in [6, 6.07) is 5.56. The molecule has 144 valence electrons. The number of Topliss-reactive ketones (excluding diaryl/α,β-unsaturated/α-hetero) is 1. The van der Waals surface area contributed by atoms with Crippen LogP contribution < -0.4 is 15.5 Å². The summed E-state index contributed by atoms with van der Waals surface area (Å²) in [5, 5.41) is 4.60. The third-order valence-electron chi connectivity index (χ3n) is 3.57. The van der Waals surface area contributed by atoms with Crippen LogP contribution in [-0.2, 0) is 19.1 Å². The highest BCUT2D eigenvalue weighted by Crippen LogP contribution is 2.28. The number of carbonyl (C=O) groups is 5. The van der Waals surface area contributed by atoms with Gasteiger partial charge in [0.2, 0.25) is 0 Å². The average Bonchev–Trinajstić information content (AvgIpc) is 2.78. The molecule has 2 rings (SSSR count). The number of amides is 4. The van der Waals surface area contributed by atoms with Crippen LogP contribution in [0.15, 0.2) is 24.3 Å². The first-order valence-electron chi connectivity index (χ1n) is 8.27. The zero-order valence-electron chi connectivity index (χ0n) is 15.5. The van der Waals surface area contributed by atoms with Crippen molar-refractivity contribution in [2.24, 2.45) is 0 Å². The number of nitrogens with zero attached hydrogens (tertiary/aromatic N) is 1. The van der Waals surface area contributed by atoms with Gasteiger partial charge >= 0.3 is 12.0 Å². The summed E-state index contributed by atoms with van der Waals surface area (Å²) in [5.41, 5.74) is -0.0219. The van der Waals surface area contributed by atoms with E-state index in [-0.39, 0.29) is 5.56 Å². The molecule has 1 aliphatic heterocycles. The van der Waals surface area contributed by atoms with Crippen LogP contribution in [0, 0.1) is 0 Å². The van der Waals surface area contributed by atoms with Gasteiger partial charge in [0.05, 0.1) is 11.3 Å². The summed E-state index contributed by atoms with van der Waals surface area (Å²) in [5.74, 6) is -3.24. The summed E-state index contributed by atoms with van der Waals surface area (Å²) < 4.78 is 4.97. The number of fused-ring (bicyclic) bond motifs is 1. The Kier molecular flexibility index (Phi) is 5.63. The Morgan fingerprint density at radius 2 is 1.78 bits per heavy atom. The molecule has 9 heteroatoms. The number of urea groups is 1. The van der Waals surface area contributed by atoms with Gasteiger partial charge in [0, 0.05) is 5.54 Å². The SMILES string of the molecule is C[C@H](OC(=O)CN1C(=O)C(=O)c2ccccc21)C(=O)NC(=O)NC(C)(C)C. The number of rotatable bonds is 4. The second-order valence-corrected chi connectivity index (χ2v) is 7.06. The van der Waals surface area contributed by atoms with E-state index in [1.165, 1.54) is 13.0 Å². The third-order valence-corrected chi connectivity index (χ3v) is 3.57. The molecule has 0 unspecified atom stereocenters. The molecule has 0 aliphatic carbocycles. The van der Waals surface area contributed by atoms with E-state index in [1.807, 2.05) is 0 Å². The van der Waals surface area contributed by atoms with E-state index in [2.05, 4.69) is 10.6 Å². The predicted molar refractivity (Wildman–Crippen MR) is 95.1 cm³/mol. The van der Waals surface area contributed by atoms with Gasteiger partial charge in [-0.2, -0.15) is 0 Å². The summed E-state index contributed by atoms with van der Waals surface area (Å²) in [7, 11) is 0. The van der Waals surface area contributed by atoms with Crippen LogP contribution in [0.3, 0.4) is 0 Å². The lowest BCUT2D eigenvalue weighted by molar-refractivity contribution is -0.153. The maximum Gasteiger partial charge on any atom is 0.326 e. The zero-order chi connectivity index (χ0) is 20.4. The standard InChI is InChI=1S/C18H21N3O6/c1-10(15(24)19-17(26)20-18(2,3)4)27-13(22)9-21-12-8-6-5-7-11(12)14(23)16(21)25/h5-8,10H,9H2,1-4H3,(H2,19,20,24,26)/t10-/m0/s1. The number of carbonyl (C=O) groups excluding carboxylic acids is 5. The largest absolute Gasteiger partial charge is 0.451 e. The lowest BCUT2D eigenvalue weighted by Gasteiger charge is -2.21. The Labute approximate surface area is 156 Å². The number of para-hydroxylation sites is 1. The fourth-order valence-electron chi connectivity index (χ4n) is 2.41. The summed E-state index contributed by atoms with van der Waals surface area (Å²) in [6.07, 6.45) is -1.26. The Morgan fingerprint density at radius 3 is 2.41 bits per heavy atom. The minimum Gasteiger partial charge on any atom is -0.451 e. The van der Waals surface area contributed by atoms with E-state index in [0.29, 0.717) is 5.69 Å². The average molecular weight is 375 g/mol. The fraction of sp³-hybridized carbons (Fsp3) is 0.389. The number of esters is 1. The molecule has 9 nitrogen and oxygen atoms in total. The van der Waals surface area contributed by atoms with E-state index in [1.54, 1.807) is 39.0 Å². The maximum absolute atomic E-state index is 12.1. The summed E-state index contributed by atoms with van der Waals surface area (Å²) >= 11 is 0. The molecule has 2 N–H and O–H groups in total. The number of anilines is 1. The van der Waals surface area contributed by atoms with E-state index in [9.17, 15) is 24.0 Å². The molecule has 4 amide bonds. The Hall–Kier alpha value is -3.23.